The number of hydrogen-bond donors (Lipinski definition) is 1. The SMILES string of the molecule is CC(c1ccc(N)cc1)S(=O)(=O)C(F)(F)F. The molecule has 0 radical (unpaired) electrons. The van der Waals surface area contributed by atoms with Crippen LogP contribution in [0, 0.1) is 0 Å². The van der Waals surface area contributed by atoms with Crippen molar-refractivity contribution in [3.05, 3.63) is 29.8 Å². The Morgan fingerprint density at radius 1 is 1.19 bits per heavy atom. The van der Waals surface area contributed by atoms with Crippen LogP contribution in [0.3, 0.4) is 0 Å². The van der Waals surface area contributed by atoms with Gasteiger partial charge in [-0.3, -0.25) is 0 Å². The van der Waals surface area contributed by atoms with Crippen LogP contribution in [0.2, 0.25) is 0 Å². The van der Waals surface area contributed by atoms with Crippen LogP contribution < -0.4 is 5.73 Å². The van der Waals surface area contributed by atoms with Crippen molar-refractivity contribution in [2.24, 2.45) is 0 Å². The first-order chi connectivity index (χ1) is 7.16. The van der Waals surface area contributed by atoms with E-state index in [0.29, 0.717) is 5.69 Å². The molecule has 0 spiro atoms. The van der Waals surface area contributed by atoms with Crippen LogP contribution in [0.25, 0.3) is 0 Å². The highest BCUT2D eigenvalue weighted by atomic mass is 32.2. The lowest BCUT2D eigenvalue weighted by molar-refractivity contribution is -0.0443. The van der Waals surface area contributed by atoms with E-state index in [1.807, 2.05) is 0 Å². The molecule has 1 aromatic carbocycles. The Morgan fingerprint density at radius 3 is 2.00 bits per heavy atom. The summed E-state index contributed by atoms with van der Waals surface area (Å²) in [4.78, 5) is 0. The second-order valence-electron chi connectivity index (χ2n) is 3.30. The summed E-state index contributed by atoms with van der Waals surface area (Å²) in [5.41, 5.74) is 0.531. The molecule has 1 unspecified atom stereocenters. The molecule has 0 aliphatic heterocycles. The van der Waals surface area contributed by atoms with Gasteiger partial charge in [0.15, 0.2) is 0 Å². The number of halogens is 3. The molecule has 90 valence electrons. The molecule has 3 nitrogen and oxygen atoms in total. The van der Waals surface area contributed by atoms with Gasteiger partial charge in [-0.2, -0.15) is 13.2 Å². The smallest absolute Gasteiger partial charge is 0.399 e. The van der Waals surface area contributed by atoms with Crippen molar-refractivity contribution < 1.29 is 21.6 Å². The summed E-state index contributed by atoms with van der Waals surface area (Å²) >= 11 is 0. The summed E-state index contributed by atoms with van der Waals surface area (Å²) in [7, 11) is -5.18. The molecule has 1 aromatic rings. The number of sulfone groups is 1. The highest BCUT2D eigenvalue weighted by molar-refractivity contribution is 7.92. The maximum absolute atomic E-state index is 12.2. The standard InChI is InChI=1S/C9H10F3NO2S/c1-6(16(14,15)9(10,11)12)7-2-4-8(13)5-3-7/h2-6H,13H2,1H3. The number of hydrogen-bond acceptors (Lipinski definition) is 3. The fraction of sp³-hybridized carbons (Fsp3) is 0.333. The van der Waals surface area contributed by atoms with Gasteiger partial charge in [-0.15, -0.1) is 0 Å². The van der Waals surface area contributed by atoms with Crippen LogP contribution in [0.5, 0.6) is 0 Å². The summed E-state index contributed by atoms with van der Waals surface area (Å²) in [5.74, 6) is 0. The Labute approximate surface area is 91.0 Å². The van der Waals surface area contributed by atoms with E-state index in [9.17, 15) is 21.6 Å². The third-order valence-electron chi connectivity index (χ3n) is 2.19. The van der Waals surface area contributed by atoms with Crippen LogP contribution in [0.4, 0.5) is 18.9 Å². The van der Waals surface area contributed by atoms with Crippen LogP contribution in [0.15, 0.2) is 24.3 Å². The molecular weight excluding hydrogens is 243 g/mol. The van der Waals surface area contributed by atoms with E-state index >= 15 is 0 Å². The van der Waals surface area contributed by atoms with Crippen molar-refractivity contribution in [1.29, 1.82) is 0 Å². The Hall–Kier alpha value is -1.24. The molecule has 0 fully saturated rings. The van der Waals surface area contributed by atoms with Crippen molar-refractivity contribution in [3.8, 4) is 0 Å². The van der Waals surface area contributed by atoms with Gasteiger partial charge in [0.25, 0.3) is 9.84 Å². The monoisotopic (exact) mass is 253 g/mol. The Morgan fingerprint density at radius 2 is 1.62 bits per heavy atom. The molecular formula is C9H10F3NO2S. The summed E-state index contributed by atoms with van der Waals surface area (Å²) in [6.45, 7) is 0.994. The molecule has 2 N–H and O–H groups in total. The van der Waals surface area contributed by atoms with E-state index in [1.54, 1.807) is 0 Å². The summed E-state index contributed by atoms with van der Waals surface area (Å²) < 4.78 is 58.9. The van der Waals surface area contributed by atoms with Gasteiger partial charge in [0, 0.05) is 5.69 Å². The minimum Gasteiger partial charge on any atom is -0.399 e. The van der Waals surface area contributed by atoms with Crippen molar-refractivity contribution in [2.75, 3.05) is 5.73 Å². The van der Waals surface area contributed by atoms with Gasteiger partial charge in [0.1, 0.15) is 0 Å². The highest BCUT2D eigenvalue weighted by Crippen LogP contribution is 2.35. The number of benzene rings is 1. The van der Waals surface area contributed by atoms with Gasteiger partial charge in [0.05, 0.1) is 5.25 Å². The first-order valence-electron chi connectivity index (χ1n) is 4.32. The van der Waals surface area contributed by atoms with Crippen molar-refractivity contribution >= 4 is 15.5 Å². The lowest BCUT2D eigenvalue weighted by atomic mass is 10.1. The van der Waals surface area contributed by atoms with Crippen molar-refractivity contribution in [1.82, 2.24) is 0 Å². The molecule has 7 heteroatoms. The second-order valence-corrected chi connectivity index (χ2v) is 5.56. The summed E-state index contributed by atoms with van der Waals surface area (Å²) in [6, 6.07) is 5.25. The van der Waals surface area contributed by atoms with E-state index in [2.05, 4.69) is 0 Å². The maximum atomic E-state index is 12.2. The van der Waals surface area contributed by atoms with Gasteiger partial charge in [-0.05, 0) is 24.6 Å². The van der Waals surface area contributed by atoms with Gasteiger partial charge in [-0.25, -0.2) is 8.42 Å². The average Bonchev–Trinajstić information content (AvgIpc) is 2.16. The molecule has 0 saturated heterocycles. The molecule has 0 bridgehead atoms. The van der Waals surface area contributed by atoms with Crippen LogP contribution >= 0.6 is 0 Å². The third-order valence-corrected chi connectivity index (χ3v) is 4.04. The molecule has 0 aliphatic rings. The zero-order valence-corrected chi connectivity index (χ0v) is 9.14. The number of nitrogen functional groups attached to an aromatic ring is 1. The second kappa shape index (κ2) is 3.97. The molecule has 0 heterocycles. The van der Waals surface area contributed by atoms with E-state index < -0.39 is 20.6 Å². The van der Waals surface area contributed by atoms with Crippen LogP contribution in [-0.2, 0) is 9.84 Å². The van der Waals surface area contributed by atoms with E-state index in [0.717, 1.165) is 6.92 Å². The molecule has 0 aliphatic carbocycles. The molecule has 16 heavy (non-hydrogen) atoms. The first kappa shape index (κ1) is 12.8. The van der Waals surface area contributed by atoms with E-state index in [1.165, 1.54) is 24.3 Å². The van der Waals surface area contributed by atoms with Gasteiger partial charge in [0.2, 0.25) is 0 Å². The Balaban J connectivity index is 3.13. The van der Waals surface area contributed by atoms with Gasteiger partial charge < -0.3 is 5.73 Å². The quantitative estimate of drug-likeness (QED) is 0.822. The number of alkyl halides is 3. The third kappa shape index (κ3) is 2.29. The molecule has 0 aromatic heterocycles. The fourth-order valence-corrected chi connectivity index (χ4v) is 2.06. The van der Waals surface area contributed by atoms with Gasteiger partial charge >= 0.3 is 5.51 Å². The normalized spacial score (nSPS) is 14.8. The highest BCUT2D eigenvalue weighted by Gasteiger charge is 2.49. The Bertz CT molecular complexity index is 465. The maximum Gasteiger partial charge on any atom is 0.497 e. The fourth-order valence-electron chi connectivity index (χ4n) is 1.15. The van der Waals surface area contributed by atoms with Crippen molar-refractivity contribution in [2.45, 2.75) is 17.7 Å². The average molecular weight is 253 g/mol. The predicted octanol–water partition coefficient (Wildman–Crippen LogP) is 2.26. The number of rotatable bonds is 2. The summed E-state index contributed by atoms with van der Waals surface area (Å²) in [5, 5.41) is -1.63. The Kier molecular flexibility index (Phi) is 3.18. The minimum absolute atomic E-state index is 0.0616. The van der Waals surface area contributed by atoms with Crippen LogP contribution in [0.1, 0.15) is 17.7 Å². The minimum atomic E-state index is -5.24. The zero-order chi connectivity index (χ0) is 12.6. The first-order valence-corrected chi connectivity index (χ1v) is 5.86. The molecule has 1 rings (SSSR count). The number of nitrogens with two attached hydrogens (primary N) is 1. The largest absolute Gasteiger partial charge is 0.497 e. The molecule has 1 atom stereocenters. The lowest BCUT2D eigenvalue weighted by Crippen LogP contribution is -2.27. The molecule has 0 saturated carbocycles. The zero-order valence-electron chi connectivity index (χ0n) is 8.32. The van der Waals surface area contributed by atoms with Crippen LogP contribution in [-0.4, -0.2) is 13.9 Å². The summed E-state index contributed by atoms with van der Waals surface area (Å²) in [6.07, 6.45) is 0. The van der Waals surface area contributed by atoms with Gasteiger partial charge in [-0.1, -0.05) is 12.1 Å². The topological polar surface area (TPSA) is 60.2 Å². The van der Waals surface area contributed by atoms with E-state index in [4.69, 9.17) is 5.73 Å². The number of anilines is 1. The van der Waals surface area contributed by atoms with E-state index in [-0.39, 0.29) is 5.56 Å². The lowest BCUT2D eigenvalue weighted by Gasteiger charge is -2.15. The predicted molar refractivity (Wildman–Crippen MR) is 54.2 cm³/mol. The molecule has 0 amide bonds. The van der Waals surface area contributed by atoms with Crippen molar-refractivity contribution in [3.63, 3.8) is 0 Å².